The molecule has 1 heterocycles. The van der Waals surface area contributed by atoms with Crippen LogP contribution in [0.4, 0.5) is 0 Å². The molecule has 2 rings (SSSR count). The molecule has 0 saturated carbocycles. The van der Waals surface area contributed by atoms with Gasteiger partial charge in [0.1, 0.15) is 16.1 Å². The molecule has 0 fully saturated rings. The Morgan fingerprint density at radius 1 is 1.05 bits per heavy atom. The topological polar surface area (TPSA) is 35.0 Å². The summed E-state index contributed by atoms with van der Waals surface area (Å²) in [5, 5.41) is 1.14. The second-order valence-electron chi connectivity index (χ2n) is 3.82. The van der Waals surface area contributed by atoms with Crippen LogP contribution >= 0.6 is 34.8 Å². The minimum atomic E-state index is 0.291. The van der Waals surface area contributed by atoms with E-state index in [0.29, 0.717) is 39.7 Å². The number of hydrogen-bond acceptors (Lipinski definition) is 3. The predicted molar refractivity (Wildman–Crippen MR) is 78.1 cm³/mol. The van der Waals surface area contributed by atoms with Gasteiger partial charge in [0.15, 0.2) is 0 Å². The summed E-state index contributed by atoms with van der Waals surface area (Å²) in [6.45, 7) is 0.512. The van der Waals surface area contributed by atoms with Crippen LogP contribution in [0.1, 0.15) is 5.82 Å². The molecular weight excluding hydrogens is 307 g/mol. The average Bonchev–Trinajstić information content (AvgIpc) is 2.38. The lowest BCUT2D eigenvalue weighted by Crippen LogP contribution is -2.02. The zero-order valence-electron chi connectivity index (χ0n) is 10.2. The van der Waals surface area contributed by atoms with Crippen LogP contribution in [-0.4, -0.2) is 23.7 Å². The number of halogens is 3. The van der Waals surface area contributed by atoms with Gasteiger partial charge in [0.2, 0.25) is 0 Å². The average molecular weight is 318 g/mol. The van der Waals surface area contributed by atoms with E-state index < -0.39 is 0 Å². The maximum Gasteiger partial charge on any atom is 0.142 e. The molecule has 0 aliphatic rings. The molecule has 2 aromatic rings. The van der Waals surface area contributed by atoms with Crippen LogP contribution in [0.25, 0.3) is 11.1 Å². The molecule has 0 spiro atoms. The fraction of sp³-hybridized carbons (Fsp3) is 0.231. The normalized spacial score (nSPS) is 10.7. The number of ether oxygens (including phenoxy) is 1. The van der Waals surface area contributed by atoms with E-state index in [4.69, 9.17) is 39.5 Å². The van der Waals surface area contributed by atoms with Crippen LogP contribution in [0, 0.1) is 0 Å². The molecule has 6 heteroatoms. The SMILES string of the molecule is COCCc1nc(Cl)c(-c2ccccc2Cl)c(Cl)n1. The first-order valence-electron chi connectivity index (χ1n) is 5.59. The van der Waals surface area contributed by atoms with Crippen molar-refractivity contribution in [1.29, 1.82) is 0 Å². The van der Waals surface area contributed by atoms with Gasteiger partial charge in [0, 0.05) is 24.1 Å². The molecule has 0 amide bonds. The van der Waals surface area contributed by atoms with E-state index in [1.54, 1.807) is 13.2 Å². The maximum atomic E-state index is 6.19. The number of rotatable bonds is 4. The Hall–Kier alpha value is -0.870. The molecule has 0 saturated heterocycles. The highest BCUT2D eigenvalue weighted by Crippen LogP contribution is 2.36. The van der Waals surface area contributed by atoms with Gasteiger partial charge in [0.25, 0.3) is 0 Å². The number of hydrogen-bond donors (Lipinski definition) is 0. The second kappa shape index (κ2) is 6.53. The van der Waals surface area contributed by atoms with E-state index in [2.05, 4.69) is 9.97 Å². The van der Waals surface area contributed by atoms with Gasteiger partial charge in [-0.05, 0) is 6.07 Å². The standard InChI is InChI=1S/C13H11Cl3N2O/c1-19-7-6-10-17-12(15)11(13(16)18-10)8-4-2-3-5-9(8)14/h2-5H,6-7H2,1H3. The third kappa shape index (κ3) is 3.37. The number of aromatic nitrogens is 2. The van der Waals surface area contributed by atoms with Crippen molar-refractivity contribution in [1.82, 2.24) is 9.97 Å². The van der Waals surface area contributed by atoms with E-state index in [0.717, 1.165) is 5.56 Å². The predicted octanol–water partition coefficient (Wildman–Crippen LogP) is 4.29. The van der Waals surface area contributed by atoms with Crippen LogP contribution < -0.4 is 0 Å². The first-order valence-corrected chi connectivity index (χ1v) is 6.72. The monoisotopic (exact) mass is 316 g/mol. The maximum absolute atomic E-state index is 6.19. The van der Waals surface area contributed by atoms with Crippen LogP contribution in [0.15, 0.2) is 24.3 Å². The molecule has 0 unspecified atom stereocenters. The minimum absolute atomic E-state index is 0.291. The fourth-order valence-corrected chi connectivity index (χ4v) is 2.50. The molecule has 0 aliphatic carbocycles. The zero-order valence-corrected chi connectivity index (χ0v) is 12.4. The third-order valence-corrected chi connectivity index (χ3v) is 3.42. The Bertz CT molecular complexity index is 567. The minimum Gasteiger partial charge on any atom is -0.384 e. The summed E-state index contributed by atoms with van der Waals surface area (Å²) in [6, 6.07) is 7.28. The van der Waals surface area contributed by atoms with Crippen LogP contribution in [0.2, 0.25) is 15.3 Å². The summed E-state index contributed by atoms with van der Waals surface area (Å²) in [6.07, 6.45) is 0.554. The highest BCUT2D eigenvalue weighted by atomic mass is 35.5. The second-order valence-corrected chi connectivity index (χ2v) is 4.94. The lowest BCUT2D eigenvalue weighted by atomic mass is 10.1. The molecule has 19 heavy (non-hydrogen) atoms. The van der Waals surface area contributed by atoms with Gasteiger partial charge >= 0.3 is 0 Å². The summed E-state index contributed by atoms with van der Waals surface area (Å²) in [4.78, 5) is 8.44. The summed E-state index contributed by atoms with van der Waals surface area (Å²) in [5.41, 5.74) is 1.27. The molecule has 1 aromatic heterocycles. The third-order valence-electron chi connectivity index (χ3n) is 2.54. The molecule has 0 N–H and O–H groups in total. The zero-order chi connectivity index (χ0) is 13.8. The van der Waals surface area contributed by atoms with E-state index in [-0.39, 0.29) is 0 Å². The van der Waals surface area contributed by atoms with E-state index in [1.807, 2.05) is 18.2 Å². The lowest BCUT2D eigenvalue weighted by molar-refractivity contribution is 0.200. The molecule has 100 valence electrons. The Morgan fingerprint density at radius 2 is 1.68 bits per heavy atom. The Morgan fingerprint density at radius 3 is 2.26 bits per heavy atom. The van der Waals surface area contributed by atoms with Crippen LogP contribution in [0.5, 0.6) is 0 Å². The molecule has 0 atom stereocenters. The van der Waals surface area contributed by atoms with Crippen LogP contribution in [0.3, 0.4) is 0 Å². The number of nitrogens with zero attached hydrogens (tertiary/aromatic N) is 2. The van der Waals surface area contributed by atoms with Crippen molar-refractivity contribution >= 4 is 34.8 Å². The smallest absolute Gasteiger partial charge is 0.142 e. The highest BCUT2D eigenvalue weighted by molar-refractivity contribution is 6.40. The van der Waals surface area contributed by atoms with Crippen molar-refractivity contribution in [3.8, 4) is 11.1 Å². The van der Waals surface area contributed by atoms with Crippen molar-refractivity contribution in [2.75, 3.05) is 13.7 Å². The highest BCUT2D eigenvalue weighted by Gasteiger charge is 2.15. The quantitative estimate of drug-likeness (QED) is 0.789. The van der Waals surface area contributed by atoms with Crippen molar-refractivity contribution < 1.29 is 4.74 Å². The summed E-state index contributed by atoms with van der Waals surface area (Å²) in [5.74, 6) is 0.549. The van der Waals surface area contributed by atoms with Gasteiger partial charge < -0.3 is 4.74 Å². The molecule has 0 bridgehead atoms. The number of methoxy groups -OCH3 is 1. The Balaban J connectivity index is 2.45. The Labute approximate surface area is 126 Å². The molecular formula is C13H11Cl3N2O. The van der Waals surface area contributed by atoms with Crippen molar-refractivity contribution in [3.63, 3.8) is 0 Å². The summed E-state index contributed by atoms with van der Waals surface area (Å²) in [7, 11) is 1.61. The molecule has 0 radical (unpaired) electrons. The summed E-state index contributed by atoms with van der Waals surface area (Å²) < 4.78 is 4.97. The Kier molecular flexibility index (Phi) is 4.99. The van der Waals surface area contributed by atoms with Gasteiger partial charge in [-0.1, -0.05) is 53.0 Å². The molecule has 0 aliphatic heterocycles. The van der Waals surface area contributed by atoms with Crippen molar-refractivity contribution in [2.24, 2.45) is 0 Å². The first kappa shape index (κ1) is 14.5. The van der Waals surface area contributed by atoms with Gasteiger partial charge in [-0.15, -0.1) is 0 Å². The molecule has 1 aromatic carbocycles. The molecule has 3 nitrogen and oxygen atoms in total. The van der Waals surface area contributed by atoms with Gasteiger partial charge in [-0.2, -0.15) is 0 Å². The summed E-state index contributed by atoms with van der Waals surface area (Å²) >= 11 is 18.5. The number of benzene rings is 1. The van der Waals surface area contributed by atoms with E-state index >= 15 is 0 Å². The van der Waals surface area contributed by atoms with Gasteiger partial charge in [0.05, 0.1) is 12.2 Å². The largest absolute Gasteiger partial charge is 0.384 e. The van der Waals surface area contributed by atoms with Gasteiger partial charge in [-0.3, -0.25) is 0 Å². The lowest BCUT2D eigenvalue weighted by Gasteiger charge is -2.09. The van der Waals surface area contributed by atoms with E-state index in [9.17, 15) is 0 Å². The first-order chi connectivity index (χ1) is 9.13. The van der Waals surface area contributed by atoms with Crippen molar-refractivity contribution in [2.45, 2.75) is 6.42 Å². The van der Waals surface area contributed by atoms with Gasteiger partial charge in [-0.25, -0.2) is 9.97 Å². The fourth-order valence-electron chi connectivity index (χ4n) is 1.64. The van der Waals surface area contributed by atoms with Crippen LogP contribution in [-0.2, 0) is 11.2 Å². The van der Waals surface area contributed by atoms with Crippen molar-refractivity contribution in [3.05, 3.63) is 45.4 Å². The van der Waals surface area contributed by atoms with E-state index in [1.165, 1.54) is 0 Å².